The molecule has 5 heteroatoms. The van der Waals surface area contributed by atoms with Crippen LogP contribution in [-0.2, 0) is 4.79 Å². The molecule has 1 amide bonds. The number of nitrogens with zero attached hydrogens (tertiary/aromatic N) is 1. The van der Waals surface area contributed by atoms with Gasteiger partial charge in [0.15, 0.2) is 0 Å². The number of amides is 1. The number of thiophene rings is 1. The van der Waals surface area contributed by atoms with Crippen LogP contribution in [0.2, 0.25) is 0 Å². The second-order valence-electron chi connectivity index (χ2n) is 6.08. The number of rotatable bonds is 4. The first-order valence-electron chi connectivity index (χ1n) is 7.46. The number of hydrogen-bond donors (Lipinski definition) is 1. The Morgan fingerprint density at radius 3 is 2.76 bits per heavy atom. The van der Waals surface area contributed by atoms with E-state index in [0.717, 1.165) is 29.8 Å². The highest BCUT2D eigenvalue weighted by Crippen LogP contribution is 2.29. The first kappa shape index (κ1) is 16.0. The molecule has 1 fully saturated rings. The average Bonchev–Trinajstić information content (AvgIpc) is 2.77. The molecule has 4 nitrogen and oxygen atoms in total. The topological polar surface area (TPSA) is 57.6 Å². The maximum absolute atomic E-state index is 12.6. The second kappa shape index (κ2) is 6.60. The Balaban J connectivity index is 2.03. The summed E-state index contributed by atoms with van der Waals surface area (Å²) < 4.78 is 0. The highest BCUT2D eigenvalue weighted by Gasteiger charge is 2.29. The standard InChI is InChI=1S/C16H23NO3S/c1-10-7-14(21-12(10)3)16(20)17-6-4-5-13(9-17)11(2)8-15(18)19/h7,11,13H,4-6,8-9H2,1-3H3,(H,18,19). The van der Waals surface area contributed by atoms with Crippen LogP contribution in [0.4, 0.5) is 0 Å². The minimum Gasteiger partial charge on any atom is -0.481 e. The quantitative estimate of drug-likeness (QED) is 0.928. The summed E-state index contributed by atoms with van der Waals surface area (Å²) in [6.07, 6.45) is 2.16. The van der Waals surface area contributed by atoms with Gasteiger partial charge in [0.25, 0.3) is 5.91 Å². The van der Waals surface area contributed by atoms with Crippen LogP contribution in [0.5, 0.6) is 0 Å². The van der Waals surface area contributed by atoms with Crippen molar-refractivity contribution in [2.24, 2.45) is 11.8 Å². The van der Waals surface area contributed by atoms with Crippen molar-refractivity contribution in [1.29, 1.82) is 0 Å². The molecule has 0 radical (unpaired) electrons. The van der Waals surface area contributed by atoms with Crippen molar-refractivity contribution in [2.75, 3.05) is 13.1 Å². The van der Waals surface area contributed by atoms with Crippen LogP contribution in [0.3, 0.4) is 0 Å². The van der Waals surface area contributed by atoms with E-state index in [1.807, 2.05) is 31.7 Å². The number of carbonyl (C=O) groups is 2. The Bertz CT molecular complexity index is 518. The molecule has 0 spiro atoms. The Morgan fingerprint density at radius 2 is 2.19 bits per heavy atom. The van der Waals surface area contributed by atoms with E-state index in [0.29, 0.717) is 12.5 Å². The monoisotopic (exact) mass is 309 g/mol. The molecule has 1 aromatic heterocycles. The summed E-state index contributed by atoms with van der Waals surface area (Å²) >= 11 is 1.55. The van der Waals surface area contributed by atoms with Crippen molar-refractivity contribution in [3.8, 4) is 0 Å². The minimum absolute atomic E-state index is 0.100. The molecule has 1 aliphatic heterocycles. The number of carboxylic acid groups (broad SMARTS) is 1. The third-order valence-electron chi connectivity index (χ3n) is 4.42. The number of carboxylic acids is 1. The van der Waals surface area contributed by atoms with Gasteiger partial charge in [-0.25, -0.2) is 0 Å². The molecule has 1 aromatic rings. The van der Waals surface area contributed by atoms with Gasteiger partial charge in [0.05, 0.1) is 4.88 Å². The second-order valence-corrected chi connectivity index (χ2v) is 7.33. The summed E-state index contributed by atoms with van der Waals surface area (Å²) in [4.78, 5) is 27.3. The van der Waals surface area contributed by atoms with Gasteiger partial charge in [-0.05, 0) is 50.2 Å². The van der Waals surface area contributed by atoms with E-state index in [4.69, 9.17) is 5.11 Å². The van der Waals surface area contributed by atoms with Crippen molar-refractivity contribution < 1.29 is 14.7 Å². The van der Waals surface area contributed by atoms with Crippen molar-refractivity contribution in [3.05, 3.63) is 21.4 Å². The van der Waals surface area contributed by atoms with Crippen LogP contribution in [0.1, 0.15) is 46.3 Å². The highest BCUT2D eigenvalue weighted by atomic mass is 32.1. The smallest absolute Gasteiger partial charge is 0.303 e. The zero-order valence-corrected chi connectivity index (χ0v) is 13.7. The zero-order chi connectivity index (χ0) is 15.6. The highest BCUT2D eigenvalue weighted by molar-refractivity contribution is 7.14. The Labute approximate surface area is 129 Å². The summed E-state index contributed by atoms with van der Waals surface area (Å²) in [6, 6.07) is 1.96. The molecule has 2 unspecified atom stereocenters. The van der Waals surface area contributed by atoms with Gasteiger partial charge in [-0.1, -0.05) is 6.92 Å². The molecule has 0 bridgehead atoms. The first-order valence-corrected chi connectivity index (χ1v) is 8.28. The van der Waals surface area contributed by atoms with Crippen molar-refractivity contribution >= 4 is 23.2 Å². The number of aryl methyl sites for hydroxylation is 2. The van der Waals surface area contributed by atoms with Crippen molar-refractivity contribution in [1.82, 2.24) is 4.90 Å². The lowest BCUT2D eigenvalue weighted by Crippen LogP contribution is -2.41. The molecule has 1 saturated heterocycles. The van der Waals surface area contributed by atoms with Gasteiger partial charge in [-0.3, -0.25) is 9.59 Å². The number of hydrogen-bond acceptors (Lipinski definition) is 3. The number of piperidine rings is 1. The lowest BCUT2D eigenvalue weighted by molar-refractivity contribution is -0.138. The van der Waals surface area contributed by atoms with Gasteiger partial charge >= 0.3 is 5.97 Å². The van der Waals surface area contributed by atoms with Crippen LogP contribution in [0.15, 0.2) is 6.07 Å². The van der Waals surface area contributed by atoms with Crippen LogP contribution in [-0.4, -0.2) is 35.0 Å². The maximum Gasteiger partial charge on any atom is 0.303 e. The van der Waals surface area contributed by atoms with E-state index in [9.17, 15) is 9.59 Å². The van der Waals surface area contributed by atoms with Gasteiger partial charge in [0.1, 0.15) is 0 Å². The molecule has 0 aliphatic carbocycles. The van der Waals surface area contributed by atoms with Crippen molar-refractivity contribution in [2.45, 2.75) is 40.0 Å². The van der Waals surface area contributed by atoms with E-state index in [1.54, 1.807) is 11.3 Å². The molecule has 0 saturated carbocycles. The van der Waals surface area contributed by atoms with E-state index >= 15 is 0 Å². The third kappa shape index (κ3) is 3.84. The fraction of sp³-hybridized carbons (Fsp3) is 0.625. The van der Waals surface area contributed by atoms with Crippen LogP contribution in [0, 0.1) is 25.7 Å². The molecule has 116 valence electrons. The molecular formula is C16H23NO3S. The number of carbonyl (C=O) groups excluding carboxylic acids is 1. The van der Waals surface area contributed by atoms with Gasteiger partial charge < -0.3 is 10.0 Å². The normalized spacial score (nSPS) is 20.3. The van der Waals surface area contributed by atoms with Crippen LogP contribution < -0.4 is 0 Å². The SMILES string of the molecule is Cc1cc(C(=O)N2CCCC(C(C)CC(=O)O)C2)sc1C. The average molecular weight is 309 g/mol. The van der Waals surface area contributed by atoms with E-state index in [1.165, 1.54) is 4.88 Å². The maximum atomic E-state index is 12.6. The Morgan fingerprint density at radius 1 is 1.48 bits per heavy atom. The lowest BCUT2D eigenvalue weighted by Gasteiger charge is -2.35. The molecule has 0 aromatic carbocycles. The van der Waals surface area contributed by atoms with Gasteiger partial charge in [0, 0.05) is 24.4 Å². The first-order chi connectivity index (χ1) is 9.88. The molecule has 2 rings (SSSR count). The van der Waals surface area contributed by atoms with Gasteiger partial charge in [0.2, 0.25) is 0 Å². The van der Waals surface area contributed by atoms with E-state index in [2.05, 4.69) is 0 Å². The molecular weight excluding hydrogens is 286 g/mol. The number of aliphatic carboxylic acids is 1. The minimum atomic E-state index is -0.754. The predicted octanol–water partition coefficient (Wildman–Crippen LogP) is 3.33. The molecule has 2 heterocycles. The Hall–Kier alpha value is -1.36. The largest absolute Gasteiger partial charge is 0.481 e. The summed E-state index contributed by atoms with van der Waals surface area (Å²) in [6.45, 7) is 7.50. The summed E-state index contributed by atoms with van der Waals surface area (Å²) in [5.41, 5.74) is 1.16. The van der Waals surface area contributed by atoms with Gasteiger partial charge in [-0.15, -0.1) is 11.3 Å². The van der Waals surface area contributed by atoms with Crippen LogP contribution in [0.25, 0.3) is 0 Å². The summed E-state index contributed by atoms with van der Waals surface area (Å²) in [7, 11) is 0. The lowest BCUT2D eigenvalue weighted by atomic mass is 9.84. The third-order valence-corrected chi connectivity index (χ3v) is 5.56. The number of likely N-dealkylation sites (tertiary alicyclic amines) is 1. The molecule has 21 heavy (non-hydrogen) atoms. The van der Waals surface area contributed by atoms with E-state index in [-0.39, 0.29) is 18.2 Å². The predicted molar refractivity (Wildman–Crippen MR) is 83.8 cm³/mol. The van der Waals surface area contributed by atoms with Crippen LogP contribution >= 0.6 is 11.3 Å². The zero-order valence-electron chi connectivity index (χ0n) is 12.9. The fourth-order valence-corrected chi connectivity index (χ4v) is 3.94. The summed E-state index contributed by atoms with van der Waals surface area (Å²) in [5.74, 6) is -0.246. The molecule has 1 N–H and O–H groups in total. The molecule has 1 aliphatic rings. The summed E-state index contributed by atoms with van der Waals surface area (Å²) in [5, 5.41) is 8.92. The van der Waals surface area contributed by atoms with E-state index < -0.39 is 5.97 Å². The fourth-order valence-electron chi connectivity index (χ4n) is 2.94. The molecule has 2 atom stereocenters. The van der Waals surface area contributed by atoms with Crippen molar-refractivity contribution in [3.63, 3.8) is 0 Å². The Kier molecular flexibility index (Phi) is 5.04. The van der Waals surface area contributed by atoms with Gasteiger partial charge in [-0.2, -0.15) is 0 Å².